The molecule has 124 valence electrons. The summed E-state index contributed by atoms with van der Waals surface area (Å²) in [5, 5.41) is 8.74. The van der Waals surface area contributed by atoms with Gasteiger partial charge in [-0.3, -0.25) is 4.99 Å². The quantitative estimate of drug-likeness (QED) is 0.603. The number of aliphatic imine (C=N–C) groups is 1. The summed E-state index contributed by atoms with van der Waals surface area (Å²) in [5.74, 6) is -0.105. The Morgan fingerprint density at radius 2 is 1.92 bits per heavy atom. The molecule has 2 rings (SSSR count). The first kappa shape index (κ1) is 17.5. The number of aliphatic carboxylic acids is 1. The van der Waals surface area contributed by atoms with Crippen molar-refractivity contribution in [2.45, 2.75) is 20.3 Å². The van der Waals surface area contributed by atoms with Crippen LogP contribution >= 0.6 is 0 Å². The average Bonchev–Trinajstić information content (AvgIpc) is 2.59. The summed E-state index contributed by atoms with van der Waals surface area (Å²) in [6, 6.07) is 13.5. The highest BCUT2D eigenvalue weighted by molar-refractivity contribution is 5.86. The molecule has 0 unspecified atom stereocenters. The van der Waals surface area contributed by atoms with Gasteiger partial charge in [0.15, 0.2) is 0 Å². The molecule has 0 heterocycles. The molecule has 0 aromatic heterocycles. The van der Waals surface area contributed by atoms with Crippen molar-refractivity contribution in [3.05, 3.63) is 65.2 Å². The fourth-order valence-electron chi connectivity index (χ4n) is 2.27. The lowest BCUT2D eigenvalue weighted by Crippen LogP contribution is -1.91. The smallest absolute Gasteiger partial charge is 0.328 e. The second-order valence-corrected chi connectivity index (χ2v) is 5.17. The van der Waals surface area contributed by atoms with Crippen molar-refractivity contribution in [2.24, 2.45) is 4.99 Å². The van der Waals surface area contributed by atoms with Gasteiger partial charge in [-0.05, 0) is 72.5 Å². The molecule has 4 heteroatoms. The van der Waals surface area contributed by atoms with Gasteiger partial charge in [0.25, 0.3) is 0 Å². The van der Waals surface area contributed by atoms with E-state index in [0.29, 0.717) is 6.61 Å². The molecule has 0 fully saturated rings. The van der Waals surface area contributed by atoms with Crippen molar-refractivity contribution >= 4 is 23.9 Å². The van der Waals surface area contributed by atoms with Crippen LogP contribution in [0.4, 0.5) is 5.69 Å². The van der Waals surface area contributed by atoms with Gasteiger partial charge in [0.05, 0.1) is 12.3 Å². The maximum absolute atomic E-state index is 10.6. The molecule has 0 atom stereocenters. The molecule has 0 aliphatic carbocycles. The van der Waals surface area contributed by atoms with E-state index in [1.165, 1.54) is 0 Å². The fraction of sp³-hybridized carbons (Fsp3) is 0.200. The Morgan fingerprint density at radius 1 is 1.17 bits per heavy atom. The van der Waals surface area contributed by atoms with Gasteiger partial charge in [0, 0.05) is 12.3 Å². The summed E-state index contributed by atoms with van der Waals surface area (Å²) < 4.78 is 5.41. The molecule has 0 saturated carbocycles. The van der Waals surface area contributed by atoms with Crippen LogP contribution in [0.15, 0.2) is 53.5 Å². The first-order valence-corrected chi connectivity index (χ1v) is 7.93. The van der Waals surface area contributed by atoms with Gasteiger partial charge in [-0.2, -0.15) is 0 Å². The Labute approximate surface area is 142 Å². The van der Waals surface area contributed by atoms with E-state index in [0.717, 1.165) is 40.6 Å². The van der Waals surface area contributed by atoms with E-state index < -0.39 is 5.97 Å². The van der Waals surface area contributed by atoms with E-state index in [1.54, 1.807) is 12.3 Å². The Bertz CT molecular complexity index is 746. The van der Waals surface area contributed by atoms with Crippen LogP contribution in [0.2, 0.25) is 0 Å². The minimum Gasteiger partial charge on any atom is -0.494 e. The Hall–Kier alpha value is -2.88. The SMILES string of the molecule is CCOc1ccc(/C=N/c2ccc(/C=C/C(=O)O)c(CC)c2)cc1. The van der Waals surface area contributed by atoms with Crippen LogP contribution in [-0.4, -0.2) is 23.9 Å². The molecule has 0 amide bonds. The lowest BCUT2D eigenvalue weighted by Gasteiger charge is -2.05. The number of rotatable bonds is 7. The van der Waals surface area contributed by atoms with Crippen LogP contribution in [0.25, 0.3) is 6.08 Å². The molecule has 0 bridgehead atoms. The molecule has 0 radical (unpaired) electrons. The number of carboxylic acid groups (broad SMARTS) is 1. The molecule has 2 aromatic carbocycles. The van der Waals surface area contributed by atoms with Crippen molar-refractivity contribution in [1.29, 1.82) is 0 Å². The van der Waals surface area contributed by atoms with E-state index in [9.17, 15) is 4.79 Å². The van der Waals surface area contributed by atoms with Gasteiger partial charge in [0.1, 0.15) is 5.75 Å². The van der Waals surface area contributed by atoms with Gasteiger partial charge in [-0.15, -0.1) is 0 Å². The summed E-state index contributed by atoms with van der Waals surface area (Å²) in [7, 11) is 0. The van der Waals surface area contributed by atoms with Crippen LogP contribution in [-0.2, 0) is 11.2 Å². The number of nitrogens with zero attached hydrogens (tertiary/aromatic N) is 1. The topological polar surface area (TPSA) is 58.9 Å². The van der Waals surface area contributed by atoms with Crippen molar-refractivity contribution < 1.29 is 14.6 Å². The number of ether oxygens (including phenoxy) is 1. The second kappa shape index (κ2) is 8.67. The molecular weight excluding hydrogens is 302 g/mol. The minimum absolute atomic E-state index is 0.649. The van der Waals surface area contributed by atoms with Gasteiger partial charge in [-0.1, -0.05) is 13.0 Å². The molecule has 1 N–H and O–H groups in total. The molecule has 2 aromatic rings. The van der Waals surface area contributed by atoms with Crippen molar-refractivity contribution in [2.75, 3.05) is 6.61 Å². The number of carboxylic acids is 1. The van der Waals surface area contributed by atoms with Crippen LogP contribution in [0.5, 0.6) is 5.75 Å². The first-order valence-electron chi connectivity index (χ1n) is 7.93. The van der Waals surface area contributed by atoms with Crippen LogP contribution in [0.3, 0.4) is 0 Å². The lowest BCUT2D eigenvalue weighted by atomic mass is 10.0. The van der Waals surface area contributed by atoms with Crippen molar-refractivity contribution in [1.82, 2.24) is 0 Å². The molecule has 0 saturated heterocycles. The van der Waals surface area contributed by atoms with Crippen LogP contribution < -0.4 is 4.74 Å². The highest BCUT2D eigenvalue weighted by Gasteiger charge is 2.00. The number of hydrogen-bond donors (Lipinski definition) is 1. The van der Waals surface area contributed by atoms with Crippen LogP contribution in [0.1, 0.15) is 30.5 Å². The second-order valence-electron chi connectivity index (χ2n) is 5.17. The van der Waals surface area contributed by atoms with E-state index in [1.807, 2.05) is 56.3 Å². The molecule has 24 heavy (non-hydrogen) atoms. The van der Waals surface area contributed by atoms with Gasteiger partial charge < -0.3 is 9.84 Å². The standard InChI is InChI=1S/C20H21NO3/c1-3-16-13-18(9-7-17(16)8-12-20(22)23)21-14-15-5-10-19(11-6-15)24-4-2/h5-14H,3-4H2,1-2H3,(H,22,23)/b12-8+,21-14+. The number of carbonyl (C=O) groups is 1. The normalized spacial score (nSPS) is 11.2. The zero-order valence-corrected chi connectivity index (χ0v) is 13.9. The third-order valence-corrected chi connectivity index (χ3v) is 3.47. The molecular formula is C20H21NO3. The first-order chi connectivity index (χ1) is 11.6. The van der Waals surface area contributed by atoms with E-state index in [2.05, 4.69) is 4.99 Å². The van der Waals surface area contributed by atoms with Crippen molar-refractivity contribution in [3.8, 4) is 5.75 Å². The zero-order valence-electron chi connectivity index (χ0n) is 13.9. The average molecular weight is 323 g/mol. The largest absolute Gasteiger partial charge is 0.494 e. The predicted octanol–water partition coefficient (Wildman–Crippen LogP) is 4.50. The maximum atomic E-state index is 10.6. The van der Waals surface area contributed by atoms with Gasteiger partial charge in [0.2, 0.25) is 0 Å². The van der Waals surface area contributed by atoms with Gasteiger partial charge in [-0.25, -0.2) is 4.79 Å². The predicted molar refractivity (Wildman–Crippen MR) is 97.4 cm³/mol. The summed E-state index contributed by atoms with van der Waals surface area (Å²) in [6.45, 7) is 4.64. The summed E-state index contributed by atoms with van der Waals surface area (Å²) in [5.41, 5.74) is 3.80. The summed E-state index contributed by atoms with van der Waals surface area (Å²) in [4.78, 5) is 15.1. The Balaban J connectivity index is 2.15. The van der Waals surface area contributed by atoms with Crippen molar-refractivity contribution in [3.63, 3.8) is 0 Å². The number of hydrogen-bond acceptors (Lipinski definition) is 3. The Morgan fingerprint density at radius 3 is 2.54 bits per heavy atom. The minimum atomic E-state index is -0.949. The highest BCUT2D eigenvalue weighted by atomic mass is 16.5. The molecule has 0 spiro atoms. The molecule has 0 aliphatic heterocycles. The number of benzene rings is 2. The fourth-order valence-corrected chi connectivity index (χ4v) is 2.27. The third-order valence-electron chi connectivity index (χ3n) is 3.47. The Kier molecular flexibility index (Phi) is 6.32. The van der Waals surface area contributed by atoms with Gasteiger partial charge >= 0.3 is 5.97 Å². The highest BCUT2D eigenvalue weighted by Crippen LogP contribution is 2.20. The third kappa shape index (κ3) is 5.09. The van der Waals surface area contributed by atoms with E-state index >= 15 is 0 Å². The molecule has 4 nitrogen and oxygen atoms in total. The summed E-state index contributed by atoms with van der Waals surface area (Å²) in [6.07, 6.45) is 5.38. The zero-order chi connectivity index (χ0) is 17.4. The van der Waals surface area contributed by atoms with Crippen LogP contribution in [0, 0.1) is 0 Å². The maximum Gasteiger partial charge on any atom is 0.328 e. The van der Waals surface area contributed by atoms with E-state index in [4.69, 9.17) is 9.84 Å². The summed E-state index contributed by atoms with van der Waals surface area (Å²) >= 11 is 0. The number of aryl methyl sites for hydroxylation is 1. The molecule has 0 aliphatic rings. The van der Waals surface area contributed by atoms with E-state index in [-0.39, 0.29) is 0 Å². The lowest BCUT2D eigenvalue weighted by molar-refractivity contribution is -0.131. The monoisotopic (exact) mass is 323 g/mol.